The van der Waals surface area contributed by atoms with Crippen LogP contribution in [-0.4, -0.2) is 25.1 Å². The molecule has 134 valence electrons. The third kappa shape index (κ3) is 3.70. The van der Waals surface area contributed by atoms with Gasteiger partial charge in [-0.3, -0.25) is 10.1 Å². The minimum Gasteiger partial charge on any atom is -0.493 e. The molecule has 5 nitrogen and oxygen atoms in total. The molecule has 1 heterocycles. The zero-order chi connectivity index (χ0) is 18.5. The summed E-state index contributed by atoms with van der Waals surface area (Å²) in [7, 11) is 3.13. The summed E-state index contributed by atoms with van der Waals surface area (Å²) in [6.07, 6.45) is 0.705. The Morgan fingerprint density at radius 1 is 1.12 bits per heavy atom. The Labute approximate surface area is 156 Å². The van der Waals surface area contributed by atoms with Gasteiger partial charge in [0.2, 0.25) is 0 Å². The number of aryl methyl sites for hydroxylation is 1. The van der Waals surface area contributed by atoms with Crippen molar-refractivity contribution in [3.05, 3.63) is 59.0 Å². The Balaban J connectivity index is 1.85. The highest BCUT2D eigenvalue weighted by atomic mass is 32.1. The minimum absolute atomic E-state index is 0.211. The van der Waals surface area contributed by atoms with E-state index in [9.17, 15) is 4.79 Å². The van der Waals surface area contributed by atoms with E-state index in [1.54, 1.807) is 20.3 Å². The maximum atomic E-state index is 12.8. The van der Waals surface area contributed by atoms with Crippen LogP contribution in [0.4, 0.5) is 5.13 Å². The van der Waals surface area contributed by atoms with Crippen LogP contribution in [0, 0.1) is 0 Å². The highest BCUT2D eigenvalue weighted by Crippen LogP contribution is 2.32. The molecule has 0 spiro atoms. The highest BCUT2D eigenvalue weighted by molar-refractivity contribution is 7.14. The summed E-state index contributed by atoms with van der Waals surface area (Å²) in [6, 6.07) is 13.4. The summed E-state index contributed by atoms with van der Waals surface area (Å²) in [5.41, 5.74) is 3.31. The molecule has 0 unspecified atom stereocenters. The van der Waals surface area contributed by atoms with Crippen molar-refractivity contribution in [2.45, 2.75) is 13.3 Å². The van der Waals surface area contributed by atoms with Crippen molar-refractivity contribution in [1.29, 1.82) is 0 Å². The fourth-order valence-electron chi connectivity index (χ4n) is 2.66. The van der Waals surface area contributed by atoms with Crippen molar-refractivity contribution in [3.8, 4) is 22.8 Å². The molecule has 0 aliphatic heterocycles. The van der Waals surface area contributed by atoms with Crippen LogP contribution in [0.25, 0.3) is 11.3 Å². The van der Waals surface area contributed by atoms with Crippen LogP contribution < -0.4 is 14.8 Å². The van der Waals surface area contributed by atoms with Crippen molar-refractivity contribution in [3.63, 3.8) is 0 Å². The minimum atomic E-state index is -0.211. The van der Waals surface area contributed by atoms with Gasteiger partial charge < -0.3 is 9.47 Å². The van der Waals surface area contributed by atoms with Crippen LogP contribution in [0.15, 0.2) is 47.8 Å². The number of hydrogen-bond acceptors (Lipinski definition) is 5. The van der Waals surface area contributed by atoms with E-state index in [2.05, 4.69) is 10.3 Å². The molecule has 0 saturated carbocycles. The Bertz CT molecular complexity index is 907. The molecular formula is C20H20N2O3S. The van der Waals surface area contributed by atoms with Crippen LogP contribution in [0.2, 0.25) is 0 Å². The lowest BCUT2D eigenvalue weighted by Gasteiger charge is -2.13. The van der Waals surface area contributed by atoms with E-state index in [0.717, 1.165) is 16.8 Å². The number of benzene rings is 2. The van der Waals surface area contributed by atoms with Crippen molar-refractivity contribution in [2.24, 2.45) is 0 Å². The topological polar surface area (TPSA) is 60.5 Å². The van der Waals surface area contributed by atoms with Gasteiger partial charge in [0.05, 0.1) is 19.9 Å². The number of thiazole rings is 1. The van der Waals surface area contributed by atoms with Crippen molar-refractivity contribution in [1.82, 2.24) is 4.98 Å². The molecule has 26 heavy (non-hydrogen) atoms. The molecule has 3 aromatic rings. The number of amides is 1. The molecule has 1 amide bonds. The number of carbonyl (C=O) groups excluding carboxylic acids is 1. The summed E-state index contributed by atoms with van der Waals surface area (Å²) < 4.78 is 10.6. The largest absolute Gasteiger partial charge is 0.493 e. The van der Waals surface area contributed by atoms with E-state index in [1.165, 1.54) is 11.3 Å². The molecule has 0 radical (unpaired) electrons. The smallest absolute Gasteiger partial charge is 0.257 e. The molecule has 0 atom stereocenters. The lowest BCUT2D eigenvalue weighted by molar-refractivity contribution is 0.102. The van der Waals surface area contributed by atoms with Crippen LogP contribution in [0.1, 0.15) is 22.8 Å². The van der Waals surface area contributed by atoms with Crippen LogP contribution in [0.5, 0.6) is 11.5 Å². The molecule has 0 saturated heterocycles. The molecule has 2 aromatic carbocycles. The fraction of sp³-hybridized carbons (Fsp3) is 0.200. The lowest BCUT2D eigenvalue weighted by atomic mass is 10.0. The van der Waals surface area contributed by atoms with E-state index in [-0.39, 0.29) is 5.91 Å². The summed E-state index contributed by atoms with van der Waals surface area (Å²) in [6.45, 7) is 1.99. The first-order valence-corrected chi connectivity index (χ1v) is 9.11. The van der Waals surface area contributed by atoms with Gasteiger partial charge in [0, 0.05) is 16.5 Å². The van der Waals surface area contributed by atoms with Crippen molar-refractivity contribution in [2.75, 3.05) is 19.5 Å². The van der Waals surface area contributed by atoms with Gasteiger partial charge in [0.15, 0.2) is 16.6 Å². The number of ether oxygens (including phenoxy) is 2. The molecule has 0 aliphatic carbocycles. The van der Waals surface area contributed by atoms with Crippen LogP contribution in [-0.2, 0) is 6.42 Å². The summed E-state index contributed by atoms with van der Waals surface area (Å²) in [5, 5.41) is 5.38. The Hall–Kier alpha value is -2.86. The third-order valence-electron chi connectivity index (χ3n) is 4.03. The summed E-state index contributed by atoms with van der Waals surface area (Å²) >= 11 is 1.40. The molecule has 3 rings (SSSR count). The second-order valence-electron chi connectivity index (χ2n) is 5.58. The number of rotatable bonds is 6. The Morgan fingerprint density at radius 3 is 2.46 bits per heavy atom. The number of nitrogens with one attached hydrogen (secondary N) is 1. The van der Waals surface area contributed by atoms with Gasteiger partial charge in [0.25, 0.3) is 5.91 Å². The molecule has 1 N–H and O–H groups in total. The summed E-state index contributed by atoms with van der Waals surface area (Å²) in [4.78, 5) is 17.3. The first-order valence-electron chi connectivity index (χ1n) is 8.23. The Morgan fingerprint density at radius 2 is 1.81 bits per heavy atom. The predicted molar refractivity (Wildman–Crippen MR) is 104 cm³/mol. The average molecular weight is 368 g/mol. The van der Waals surface area contributed by atoms with Gasteiger partial charge in [-0.05, 0) is 24.1 Å². The van der Waals surface area contributed by atoms with Crippen LogP contribution in [0.3, 0.4) is 0 Å². The maximum Gasteiger partial charge on any atom is 0.257 e. The highest BCUT2D eigenvalue weighted by Gasteiger charge is 2.17. The van der Waals surface area contributed by atoms with Gasteiger partial charge >= 0.3 is 0 Å². The molecule has 0 fully saturated rings. The molecular weight excluding hydrogens is 348 g/mol. The Kier molecular flexibility index (Phi) is 5.53. The van der Waals surface area contributed by atoms with Gasteiger partial charge in [-0.1, -0.05) is 37.3 Å². The number of nitrogens with zero attached hydrogens (tertiary/aromatic N) is 1. The molecule has 0 bridgehead atoms. The SMILES string of the molecule is CCc1cc(OC)c(OC)cc1C(=O)Nc1nc(-c2ccccc2)cs1. The first-order chi connectivity index (χ1) is 12.7. The number of aromatic nitrogens is 1. The number of carbonyl (C=O) groups is 1. The van der Waals surface area contributed by atoms with Gasteiger partial charge in [-0.15, -0.1) is 11.3 Å². The van der Waals surface area contributed by atoms with Crippen LogP contribution >= 0.6 is 11.3 Å². The standard InChI is InChI=1S/C20H20N2O3S/c1-4-13-10-17(24-2)18(25-3)11-15(13)19(23)22-20-21-16(12-26-20)14-8-6-5-7-9-14/h5-12H,4H2,1-3H3,(H,21,22,23). The average Bonchev–Trinajstić information content (AvgIpc) is 3.15. The number of hydrogen-bond donors (Lipinski definition) is 1. The first kappa shape index (κ1) is 17.9. The second kappa shape index (κ2) is 8.01. The fourth-order valence-corrected chi connectivity index (χ4v) is 3.38. The number of methoxy groups -OCH3 is 2. The molecule has 1 aromatic heterocycles. The van der Waals surface area contributed by atoms with E-state index in [0.29, 0.717) is 28.6 Å². The van der Waals surface area contributed by atoms with E-state index in [4.69, 9.17) is 9.47 Å². The zero-order valence-electron chi connectivity index (χ0n) is 14.9. The van der Waals surface area contributed by atoms with E-state index in [1.807, 2.05) is 48.7 Å². The monoisotopic (exact) mass is 368 g/mol. The number of anilines is 1. The van der Waals surface area contributed by atoms with Gasteiger partial charge in [-0.2, -0.15) is 0 Å². The lowest BCUT2D eigenvalue weighted by Crippen LogP contribution is -2.14. The van der Waals surface area contributed by atoms with E-state index >= 15 is 0 Å². The zero-order valence-corrected chi connectivity index (χ0v) is 15.7. The van der Waals surface area contributed by atoms with Crippen molar-refractivity contribution < 1.29 is 14.3 Å². The second-order valence-corrected chi connectivity index (χ2v) is 6.43. The quantitative estimate of drug-likeness (QED) is 0.688. The predicted octanol–water partition coefficient (Wildman–Crippen LogP) is 4.64. The summed E-state index contributed by atoms with van der Waals surface area (Å²) in [5.74, 6) is 0.928. The van der Waals surface area contributed by atoms with Gasteiger partial charge in [-0.25, -0.2) is 4.98 Å². The third-order valence-corrected chi connectivity index (χ3v) is 4.79. The van der Waals surface area contributed by atoms with Crippen molar-refractivity contribution >= 4 is 22.4 Å². The normalized spacial score (nSPS) is 10.4. The molecule has 6 heteroatoms. The maximum absolute atomic E-state index is 12.8. The van der Waals surface area contributed by atoms with E-state index < -0.39 is 0 Å². The van der Waals surface area contributed by atoms with Gasteiger partial charge in [0.1, 0.15) is 0 Å². The molecule has 0 aliphatic rings.